The van der Waals surface area contributed by atoms with Crippen LogP contribution >= 0.6 is 11.6 Å². The molecule has 2 fully saturated rings. The average Bonchev–Trinajstić information content (AvgIpc) is 3.35. The van der Waals surface area contributed by atoms with Gasteiger partial charge in [-0.15, -0.1) is 10.2 Å². The summed E-state index contributed by atoms with van der Waals surface area (Å²) in [6, 6.07) is 3.99. The molecule has 2 aromatic rings. The molecule has 3 heterocycles. The SMILES string of the molecule is O=C(CCc1nnc(-c2ccc(F)c(Cl)c2)[nH]c1=O)N1CCN(CC(=O)N2CCCC2)CC1. The lowest BCUT2D eigenvalue weighted by Gasteiger charge is -2.35. The summed E-state index contributed by atoms with van der Waals surface area (Å²) in [7, 11) is 0. The van der Waals surface area contributed by atoms with E-state index in [0.717, 1.165) is 25.9 Å². The highest BCUT2D eigenvalue weighted by molar-refractivity contribution is 6.31. The number of hydrogen-bond donors (Lipinski definition) is 1. The van der Waals surface area contributed by atoms with Crippen LogP contribution in [0.5, 0.6) is 0 Å². The quantitative estimate of drug-likeness (QED) is 0.674. The van der Waals surface area contributed by atoms with Crippen LogP contribution in [0.2, 0.25) is 5.02 Å². The first-order chi connectivity index (χ1) is 15.9. The number of hydrogen-bond acceptors (Lipinski definition) is 6. The molecular weight excluding hydrogens is 451 g/mol. The van der Waals surface area contributed by atoms with Gasteiger partial charge in [-0.05, 0) is 31.0 Å². The number of piperazine rings is 1. The normalized spacial score (nSPS) is 16.9. The molecule has 33 heavy (non-hydrogen) atoms. The van der Waals surface area contributed by atoms with Gasteiger partial charge in [0.15, 0.2) is 5.82 Å². The number of carbonyl (C=O) groups excluding carboxylic acids is 2. The molecule has 0 spiro atoms. The van der Waals surface area contributed by atoms with E-state index in [1.807, 2.05) is 4.90 Å². The first-order valence-electron chi connectivity index (χ1n) is 11.1. The predicted molar refractivity (Wildman–Crippen MR) is 120 cm³/mol. The summed E-state index contributed by atoms with van der Waals surface area (Å²) in [6.07, 6.45) is 2.46. The second-order valence-corrected chi connectivity index (χ2v) is 8.73. The zero-order valence-corrected chi connectivity index (χ0v) is 19.0. The molecule has 0 atom stereocenters. The molecule has 0 saturated carbocycles. The summed E-state index contributed by atoms with van der Waals surface area (Å²) in [5.41, 5.74) is 0.156. The minimum Gasteiger partial charge on any atom is -0.342 e. The van der Waals surface area contributed by atoms with Crippen LogP contribution in [0, 0.1) is 5.82 Å². The molecule has 0 bridgehead atoms. The number of rotatable bonds is 6. The van der Waals surface area contributed by atoms with Crippen LogP contribution < -0.4 is 5.56 Å². The van der Waals surface area contributed by atoms with Crippen molar-refractivity contribution in [3.63, 3.8) is 0 Å². The van der Waals surface area contributed by atoms with Crippen LogP contribution in [-0.4, -0.2) is 87.5 Å². The molecule has 4 rings (SSSR count). The second-order valence-electron chi connectivity index (χ2n) is 8.32. The van der Waals surface area contributed by atoms with Crippen molar-refractivity contribution in [2.24, 2.45) is 0 Å². The highest BCUT2D eigenvalue weighted by atomic mass is 35.5. The third kappa shape index (κ3) is 5.75. The van der Waals surface area contributed by atoms with E-state index in [1.54, 1.807) is 4.90 Å². The molecule has 0 aliphatic carbocycles. The monoisotopic (exact) mass is 476 g/mol. The number of aromatic nitrogens is 3. The topological polar surface area (TPSA) is 102 Å². The van der Waals surface area contributed by atoms with Crippen molar-refractivity contribution in [2.75, 3.05) is 45.8 Å². The lowest BCUT2D eigenvalue weighted by Crippen LogP contribution is -2.51. The number of likely N-dealkylation sites (tertiary alicyclic amines) is 1. The minimum atomic E-state index is -0.565. The fraction of sp³-hybridized carbons (Fsp3) is 0.500. The van der Waals surface area contributed by atoms with Crippen LogP contribution in [0.15, 0.2) is 23.0 Å². The molecule has 2 saturated heterocycles. The Bertz CT molecular complexity index is 1080. The maximum atomic E-state index is 13.3. The molecule has 2 aliphatic heterocycles. The summed E-state index contributed by atoms with van der Waals surface area (Å²) in [6.45, 7) is 4.51. The molecule has 1 aromatic heterocycles. The van der Waals surface area contributed by atoms with Crippen LogP contribution in [-0.2, 0) is 16.0 Å². The lowest BCUT2D eigenvalue weighted by molar-refractivity contribution is -0.134. The van der Waals surface area contributed by atoms with E-state index in [0.29, 0.717) is 38.3 Å². The number of aromatic amines is 1. The Morgan fingerprint density at radius 1 is 1.00 bits per heavy atom. The number of carbonyl (C=O) groups is 2. The summed E-state index contributed by atoms with van der Waals surface area (Å²) in [5, 5.41) is 7.86. The third-order valence-electron chi connectivity index (χ3n) is 6.08. The smallest absolute Gasteiger partial charge is 0.273 e. The van der Waals surface area contributed by atoms with E-state index in [9.17, 15) is 18.8 Å². The maximum Gasteiger partial charge on any atom is 0.273 e. The van der Waals surface area contributed by atoms with Crippen molar-refractivity contribution in [2.45, 2.75) is 25.7 Å². The van der Waals surface area contributed by atoms with Crippen molar-refractivity contribution >= 4 is 23.4 Å². The molecule has 2 aliphatic rings. The van der Waals surface area contributed by atoms with Gasteiger partial charge in [0, 0.05) is 57.7 Å². The molecular formula is C22H26ClFN6O3. The van der Waals surface area contributed by atoms with Gasteiger partial charge in [-0.1, -0.05) is 11.6 Å². The Labute approximate surface area is 195 Å². The van der Waals surface area contributed by atoms with E-state index < -0.39 is 11.4 Å². The number of halogens is 2. The molecule has 11 heteroatoms. The standard InChI is InChI=1S/C22H26ClFN6O3/c23-16-13-15(3-4-17(16)24)21-25-22(33)18(26-27-21)5-6-19(31)30-11-9-28(10-12-30)14-20(32)29-7-1-2-8-29/h3-4,13H,1-2,5-12,14H2,(H,25,27,33). The minimum absolute atomic E-state index is 0.0592. The summed E-state index contributed by atoms with van der Waals surface area (Å²) < 4.78 is 13.3. The van der Waals surface area contributed by atoms with Gasteiger partial charge in [0.05, 0.1) is 11.6 Å². The summed E-state index contributed by atoms with van der Waals surface area (Å²) in [4.78, 5) is 45.6. The van der Waals surface area contributed by atoms with Crippen molar-refractivity contribution < 1.29 is 14.0 Å². The molecule has 176 valence electrons. The zero-order chi connectivity index (χ0) is 23.4. The first-order valence-corrected chi connectivity index (χ1v) is 11.5. The Kier molecular flexibility index (Phi) is 7.34. The third-order valence-corrected chi connectivity index (χ3v) is 6.37. The van der Waals surface area contributed by atoms with Gasteiger partial charge < -0.3 is 14.8 Å². The van der Waals surface area contributed by atoms with Gasteiger partial charge in [0.2, 0.25) is 11.8 Å². The van der Waals surface area contributed by atoms with Crippen LogP contribution in [0.3, 0.4) is 0 Å². The van der Waals surface area contributed by atoms with E-state index in [-0.39, 0.29) is 41.2 Å². The van der Waals surface area contributed by atoms with Crippen LogP contribution in [0.25, 0.3) is 11.4 Å². The molecule has 0 radical (unpaired) electrons. The van der Waals surface area contributed by atoms with Crippen molar-refractivity contribution in [3.8, 4) is 11.4 Å². The Balaban J connectivity index is 1.26. The molecule has 2 amide bonds. The maximum absolute atomic E-state index is 13.3. The number of amides is 2. The fourth-order valence-electron chi connectivity index (χ4n) is 4.09. The predicted octanol–water partition coefficient (Wildman–Crippen LogP) is 1.32. The van der Waals surface area contributed by atoms with Gasteiger partial charge >= 0.3 is 0 Å². The Morgan fingerprint density at radius 2 is 1.70 bits per heavy atom. The largest absolute Gasteiger partial charge is 0.342 e. The number of H-pyrrole nitrogens is 1. The van der Waals surface area contributed by atoms with Crippen LogP contribution in [0.1, 0.15) is 25.0 Å². The molecule has 1 aromatic carbocycles. The van der Waals surface area contributed by atoms with Gasteiger partial charge in [-0.3, -0.25) is 19.3 Å². The van der Waals surface area contributed by atoms with Gasteiger partial charge in [0.25, 0.3) is 5.56 Å². The Morgan fingerprint density at radius 3 is 2.36 bits per heavy atom. The van der Waals surface area contributed by atoms with E-state index in [2.05, 4.69) is 20.1 Å². The van der Waals surface area contributed by atoms with Crippen LogP contribution in [0.4, 0.5) is 4.39 Å². The van der Waals surface area contributed by atoms with E-state index >= 15 is 0 Å². The highest BCUT2D eigenvalue weighted by Crippen LogP contribution is 2.21. The van der Waals surface area contributed by atoms with E-state index in [4.69, 9.17) is 11.6 Å². The number of nitrogens with one attached hydrogen (secondary N) is 1. The molecule has 0 unspecified atom stereocenters. The van der Waals surface area contributed by atoms with Gasteiger partial charge in [-0.25, -0.2) is 4.39 Å². The van der Waals surface area contributed by atoms with Crippen molar-refractivity contribution in [1.82, 2.24) is 29.9 Å². The van der Waals surface area contributed by atoms with Gasteiger partial charge in [-0.2, -0.15) is 0 Å². The van der Waals surface area contributed by atoms with Gasteiger partial charge in [0.1, 0.15) is 11.5 Å². The average molecular weight is 477 g/mol. The fourth-order valence-corrected chi connectivity index (χ4v) is 4.27. The van der Waals surface area contributed by atoms with Crippen molar-refractivity contribution in [1.29, 1.82) is 0 Å². The Hall–Kier alpha value is -2.85. The zero-order valence-electron chi connectivity index (χ0n) is 18.2. The molecule has 1 N–H and O–H groups in total. The van der Waals surface area contributed by atoms with Crippen molar-refractivity contribution in [3.05, 3.63) is 45.1 Å². The molecule has 9 nitrogen and oxygen atoms in total. The number of aryl methyl sites for hydroxylation is 1. The number of nitrogens with zero attached hydrogens (tertiary/aromatic N) is 5. The number of benzene rings is 1. The van der Waals surface area contributed by atoms with E-state index in [1.165, 1.54) is 18.2 Å². The second kappa shape index (κ2) is 10.4. The first kappa shape index (κ1) is 23.3. The summed E-state index contributed by atoms with van der Waals surface area (Å²) >= 11 is 5.78. The summed E-state index contributed by atoms with van der Waals surface area (Å²) in [5.74, 6) is -0.283. The highest BCUT2D eigenvalue weighted by Gasteiger charge is 2.25. The lowest BCUT2D eigenvalue weighted by atomic mass is 10.2.